The van der Waals surface area contributed by atoms with E-state index in [4.69, 9.17) is 4.42 Å². The van der Waals surface area contributed by atoms with E-state index >= 15 is 0 Å². The number of furan rings is 1. The molecule has 14 rings (SSSR count). The average Bonchev–Trinajstić information content (AvgIpc) is 4.09. The Morgan fingerprint density at radius 1 is 0.353 bits per heavy atom. The molecule has 3 aromatic heterocycles. The highest BCUT2D eigenvalue weighted by atomic mass is 32.1. The molecule has 0 N–H and O–H groups in total. The summed E-state index contributed by atoms with van der Waals surface area (Å²) in [4.78, 5) is 2.38. The van der Waals surface area contributed by atoms with Crippen molar-refractivity contribution in [3.63, 3.8) is 0 Å². The smallest absolute Gasteiger partial charge is 0.143 e. The molecule has 0 fully saturated rings. The molecule has 318 valence electrons. The minimum absolute atomic E-state index is 0.887. The molecule has 0 radical (unpaired) electrons. The van der Waals surface area contributed by atoms with E-state index in [1.165, 1.54) is 58.5 Å². The van der Waals surface area contributed by atoms with Crippen LogP contribution < -0.4 is 4.90 Å². The van der Waals surface area contributed by atoms with Gasteiger partial charge in [-0.25, -0.2) is 0 Å². The molecular weight excluding hydrogens is 845 g/mol. The van der Waals surface area contributed by atoms with E-state index in [2.05, 4.69) is 252 Å². The van der Waals surface area contributed by atoms with Crippen LogP contribution in [-0.4, -0.2) is 4.57 Å². The Hall–Kier alpha value is -8.70. The number of thiophene rings is 1. The number of rotatable bonds is 7. The summed E-state index contributed by atoms with van der Waals surface area (Å²) in [6, 6.07) is 88.2. The lowest BCUT2D eigenvalue weighted by Gasteiger charge is -2.26. The molecule has 0 saturated carbocycles. The van der Waals surface area contributed by atoms with Gasteiger partial charge in [-0.3, -0.25) is 0 Å². The van der Waals surface area contributed by atoms with Gasteiger partial charge in [0.1, 0.15) is 11.2 Å². The van der Waals surface area contributed by atoms with Crippen molar-refractivity contribution in [3.05, 3.63) is 243 Å². The van der Waals surface area contributed by atoms with Gasteiger partial charge in [-0.1, -0.05) is 158 Å². The number of para-hydroxylation sites is 2. The first-order valence-corrected chi connectivity index (χ1v) is 24.0. The van der Waals surface area contributed by atoms with Gasteiger partial charge in [-0.05, 0) is 124 Å². The second-order valence-electron chi connectivity index (χ2n) is 17.7. The summed E-state index contributed by atoms with van der Waals surface area (Å²) in [6.07, 6.45) is 0. The van der Waals surface area contributed by atoms with Gasteiger partial charge >= 0.3 is 0 Å². The van der Waals surface area contributed by atoms with Crippen LogP contribution in [0.25, 0.3) is 114 Å². The van der Waals surface area contributed by atoms with Crippen LogP contribution in [0.4, 0.5) is 17.1 Å². The number of benzene rings is 11. The van der Waals surface area contributed by atoms with Crippen LogP contribution in [0.5, 0.6) is 0 Å². The summed E-state index contributed by atoms with van der Waals surface area (Å²) in [7, 11) is 0. The topological polar surface area (TPSA) is 21.3 Å². The van der Waals surface area contributed by atoms with Gasteiger partial charge in [0.05, 0.1) is 11.0 Å². The fraction of sp³-hybridized carbons (Fsp3) is 0. The molecule has 0 spiro atoms. The second kappa shape index (κ2) is 15.5. The first kappa shape index (κ1) is 38.6. The van der Waals surface area contributed by atoms with E-state index in [1.54, 1.807) is 0 Å². The van der Waals surface area contributed by atoms with Crippen LogP contribution in [0, 0.1) is 0 Å². The molecule has 11 aromatic carbocycles. The molecule has 14 aromatic rings. The minimum atomic E-state index is 0.887. The first-order valence-electron chi connectivity index (χ1n) is 23.1. The zero-order valence-electron chi connectivity index (χ0n) is 36.8. The molecule has 0 aliphatic carbocycles. The maximum atomic E-state index is 6.63. The van der Waals surface area contributed by atoms with Crippen LogP contribution in [-0.2, 0) is 0 Å². The zero-order valence-corrected chi connectivity index (χ0v) is 37.6. The Labute approximate surface area is 396 Å². The van der Waals surface area contributed by atoms with E-state index in [9.17, 15) is 0 Å². The summed E-state index contributed by atoms with van der Waals surface area (Å²) >= 11 is 1.86. The molecule has 0 aliphatic heterocycles. The number of anilines is 3. The quantitative estimate of drug-likeness (QED) is 0.159. The Morgan fingerprint density at radius 2 is 0.941 bits per heavy atom. The third-order valence-corrected chi connectivity index (χ3v) is 14.9. The van der Waals surface area contributed by atoms with Gasteiger partial charge in [0.25, 0.3) is 0 Å². The Kier molecular flexibility index (Phi) is 8.76. The highest BCUT2D eigenvalue weighted by Crippen LogP contribution is 2.44. The summed E-state index contributed by atoms with van der Waals surface area (Å²) in [5, 5.41) is 9.70. The lowest BCUT2D eigenvalue weighted by atomic mass is 9.97. The SMILES string of the molecule is c1cc(-c2cccc3oc4c5ccccc5ccc4c23)cc(N(c2ccc(-c3cccc(-n4c5ccccc5c5ccccc54)c3)cc2)c2ccc(-c3ccc4c(c3)sc3ccccc34)cc2)c1. The van der Waals surface area contributed by atoms with Crippen molar-refractivity contribution in [2.45, 2.75) is 0 Å². The van der Waals surface area contributed by atoms with E-state index in [-0.39, 0.29) is 0 Å². The number of aromatic nitrogens is 1. The van der Waals surface area contributed by atoms with Gasteiger partial charge in [0.2, 0.25) is 0 Å². The molecule has 3 heterocycles. The molecule has 0 bridgehead atoms. The fourth-order valence-corrected chi connectivity index (χ4v) is 11.7. The van der Waals surface area contributed by atoms with Crippen molar-refractivity contribution in [1.29, 1.82) is 0 Å². The lowest BCUT2D eigenvalue weighted by molar-refractivity contribution is 0.673. The van der Waals surface area contributed by atoms with Crippen molar-refractivity contribution >= 4 is 103 Å². The van der Waals surface area contributed by atoms with Crippen LogP contribution in [0.15, 0.2) is 247 Å². The van der Waals surface area contributed by atoms with Crippen LogP contribution >= 0.6 is 11.3 Å². The molecule has 3 nitrogen and oxygen atoms in total. The third-order valence-electron chi connectivity index (χ3n) is 13.8. The molecule has 0 aliphatic rings. The molecule has 68 heavy (non-hydrogen) atoms. The summed E-state index contributed by atoms with van der Waals surface area (Å²) in [5.41, 5.74) is 15.6. The molecule has 0 atom stereocenters. The summed E-state index contributed by atoms with van der Waals surface area (Å²) in [6.45, 7) is 0. The van der Waals surface area contributed by atoms with Crippen molar-refractivity contribution < 1.29 is 4.42 Å². The number of hydrogen-bond donors (Lipinski definition) is 0. The molecule has 0 unspecified atom stereocenters. The van der Waals surface area contributed by atoms with Gasteiger partial charge in [0, 0.05) is 69.9 Å². The highest BCUT2D eigenvalue weighted by Gasteiger charge is 2.19. The van der Waals surface area contributed by atoms with Gasteiger partial charge in [-0.2, -0.15) is 0 Å². The summed E-state index contributed by atoms with van der Waals surface area (Å²) in [5.74, 6) is 0. The standard InChI is InChI=1S/C64H40N2OS/c1-2-17-52-43(12-1)30-37-57-63-51(21-11-24-60(63)67-64(52)57)46-14-10-15-49(39-46)65(48-34-28-42(29-35-48)45-31-36-56-55-20-5-8-25-61(55)68-62(56)40-45)47-32-26-41(27-33-47)44-13-9-16-50(38-44)66-58-22-6-3-18-53(58)54-19-4-7-23-59(54)66/h1-40H. The molecule has 0 amide bonds. The molecule has 4 heteroatoms. The number of nitrogens with zero attached hydrogens (tertiary/aromatic N) is 2. The third kappa shape index (κ3) is 6.19. The maximum absolute atomic E-state index is 6.63. The van der Waals surface area contributed by atoms with Gasteiger partial charge in [0.15, 0.2) is 0 Å². The van der Waals surface area contributed by atoms with Crippen molar-refractivity contribution in [2.24, 2.45) is 0 Å². The van der Waals surface area contributed by atoms with E-state index in [1.807, 2.05) is 11.3 Å². The van der Waals surface area contributed by atoms with E-state index < -0.39 is 0 Å². The van der Waals surface area contributed by atoms with E-state index in [0.717, 1.165) is 72.3 Å². The van der Waals surface area contributed by atoms with Crippen molar-refractivity contribution in [2.75, 3.05) is 4.90 Å². The fourth-order valence-electron chi connectivity index (χ4n) is 10.6. The largest absolute Gasteiger partial charge is 0.455 e. The summed E-state index contributed by atoms with van der Waals surface area (Å²) < 4.78 is 11.6. The average molecular weight is 885 g/mol. The molecule has 0 saturated heterocycles. The van der Waals surface area contributed by atoms with Crippen molar-refractivity contribution in [1.82, 2.24) is 4.57 Å². The maximum Gasteiger partial charge on any atom is 0.143 e. The van der Waals surface area contributed by atoms with Gasteiger partial charge < -0.3 is 13.9 Å². The second-order valence-corrected chi connectivity index (χ2v) is 18.7. The van der Waals surface area contributed by atoms with Crippen LogP contribution in [0.2, 0.25) is 0 Å². The Bertz CT molecular complexity index is 4210. The van der Waals surface area contributed by atoms with Crippen LogP contribution in [0.3, 0.4) is 0 Å². The number of hydrogen-bond acceptors (Lipinski definition) is 3. The van der Waals surface area contributed by atoms with Crippen LogP contribution in [0.1, 0.15) is 0 Å². The number of fused-ring (bicyclic) bond motifs is 11. The predicted octanol–water partition coefficient (Wildman–Crippen LogP) is 18.7. The Morgan fingerprint density at radius 3 is 1.71 bits per heavy atom. The monoisotopic (exact) mass is 884 g/mol. The first-order chi connectivity index (χ1) is 33.7. The Balaban J connectivity index is 0.875. The van der Waals surface area contributed by atoms with Crippen molar-refractivity contribution in [3.8, 4) is 39.1 Å². The minimum Gasteiger partial charge on any atom is -0.455 e. The highest BCUT2D eigenvalue weighted by molar-refractivity contribution is 7.25. The van der Waals surface area contributed by atoms with E-state index in [0.29, 0.717) is 0 Å². The zero-order chi connectivity index (χ0) is 44.7. The lowest BCUT2D eigenvalue weighted by Crippen LogP contribution is -2.10. The predicted molar refractivity (Wildman–Crippen MR) is 289 cm³/mol. The molecular formula is C64H40N2OS. The normalized spacial score (nSPS) is 11.8. The van der Waals surface area contributed by atoms with Gasteiger partial charge in [-0.15, -0.1) is 11.3 Å².